The highest BCUT2D eigenvalue weighted by Crippen LogP contribution is 2.19. The maximum atomic E-state index is 12.6. The van der Waals surface area contributed by atoms with E-state index in [9.17, 15) is 14.4 Å². The molecular formula is C58H95NO6. The van der Waals surface area contributed by atoms with Crippen LogP contribution in [0.25, 0.3) is 0 Å². The molecule has 0 saturated heterocycles. The van der Waals surface area contributed by atoms with Crippen molar-refractivity contribution in [1.29, 1.82) is 0 Å². The predicted molar refractivity (Wildman–Crippen MR) is 274 cm³/mol. The van der Waals surface area contributed by atoms with Crippen LogP contribution in [0.3, 0.4) is 0 Å². The summed E-state index contributed by atoms with van der Waals surface area (Å²) in [6.45, 7) is 4.41. The van der Waals surface area contributed by atoms with Gasteiger partial charge >= 0.3 is 11.9 Å². The van der Waals surface area contributed by atoms with E-state index in [0.29, 0.717) is 32.5 Å². The van der Waals surface area contributed by atoms with Gasteiger partial charge in [-0.1, -0.05) is 195 Å². The second-order valence-electron chi connectivity index (χ2n) is 18.3. The summed E-state index contributed by atoms with van der Waals surface area (Å²) in [4.78, 5) is 36.4. The van der Waals surface area contributed by atoms with E-state index in [-0.39, 0.29) is 18.0 Å². The molecule has 0 radical (unpaired) electrons. The lowest BCUT2D eigenvalue weighted by molar-refractivity contribution is -0.150. The van der Waals surface area contributed by atoms with Crippen molar-refractivity contribution in [3.05, 3.63) is 96.1 Å². The van der Waals surface area contributed by atoms with Crippen LogP contribution < -0.4 is 0 Å². The van der Waals surface area contributed by atoms with E-state index in [1.54, 1.807) is 0 Å². The normalized spacial score (nSPS) is 11.8. The molecular weight excluding hydrogens is 807 g/mol. The molecule has 2 aromatic rings. The summed E-state index contributed by atoms with van der Waals surface area (Å²) in [5, 5.41) is 0. The Kier molecular flexibility index (Phi) is 42.7. The van der Waals surface area contributed by atoms with Crippen LogP contribution in [0.1, 0.15) is 224 Å². The third-order valence-electron chi connectivity index (χ3n) is 11.8. The lowest BCUT2D eigenvalue weighted by Gasteiger charge is -2.18. The van der Waals surface area contributed by atoms with E-state index in [0.717, 1.165) is 56.2 Å². The molecule has 0 spiro atoms. The van der Waals surface area contributed by atoms with Crippen molar-refractivity contribution < 1.29 is 28.6 Å². The number of nitrogens with zero attached hydrogens (tertiary/aromatic N) is 1. The lowest BCUT2D eigenvalue weighted by Crippen LogP contribution is -2.20. The molecule has 0 saturated carbocycles. The van der Waals surface area contributed by atoms with Crippen molar-refractivity contribution >= 4 is 18.4 Å². The van der Waals surface area contributed by atoms with Gasteiger partial charge in [0.1, 0.15) is 19.3 Å². The molecule has 0 aromatic heterocycles. The van der Waals surface area contributed by atoms with Gasteiger partial charge in [0, 0.05) is 12.8 Å². The number of benzene rings is 2. The molecule has 1 unspecified atom stereocenters. The van der Waals surface area contributed by atoms with Gasteiger partial charge in [-0.05, 0) is 122 Å². The largest absolute Gasteiger partial charge is 0.463 e. The van der Waals surface area contributed by atoms with E-state index in [2.05, 4.69) is 55.0 Å². The summed E-state index contributed by atoms with van der Waals surface area (Å²) in [5.41, 5.74) is 2.05. The van der Waals surface area contributed by atoms with Gasteiger partial charge in [-0.3, -0.25) is 14.4 Å². The first-order valence-electron chi connectivity index (χ1n) is 26.4. The topological polar surface area (TPSA) is 82.1 Å². The number of allylic oxidation sites excluding steroid dienone is 4. The Balaban J connectivity index is 0.00000185. The Labute approximate surface area is 398 Å². The number of carbonyl (C=O) groups excluding carboxylic acids is 3. The molecule has 7 nitrogen and oxygen atoms in total. The number of carbonyl (C=O) groups is 3. The van der Waals surface area contributed by atoms with Crippen LogP contribution >= 0.6 is 0 Å². The van der Waals surface area contributed by atoms with Crippen molar-refractivity contribution in [2.24, 2.45) is 0 Å². The molecule has 0 N–H and O–H groups in total. The van der Waals surface area contributed by atoms with E-state index in [1.165, 1.54) is 154 Å². The molecule has 7 heteroatoms. The van der Waals surface area contributed by atoms with E-state index >= 15 is 0 Å². The number of hydrogen-bond donors (Lipinski definition) is 0. The Morgan fingerprint density at radius 1 is 0.492 bits per heavy atom. The van der Waals surface area contributed by atoms with E-state index < -0.39 is 0 Å². The number of hydrogen-bond acceptors (Lipinski definition) is 7. The van der Waals surface area contributed by atoms with Gasteiger partial charge in [0.2, 0.25) is 0 Å². The van der Waals surface area contributed by atoms with Crippen molar-refractivity contribution in [1.82, 2.24) is 4.90 Å². The van der Waals surface area contributed by atoms with Gasteiger partial charge in [-0.25, -0.2) is 0 Å². The Bertz CT molecular complexity index is 1390. The van der Waals surface area contributed by atoms with E-state index in [4.69, 9.17) is 9.47 Å². The number of esters is 2. The first-order valence-corrected chi connectivity index (χ1v) is 26.4. The van der Waals surface area contributed by atoms with Crippen LogP contribution in [0.4, 0.5) is 0 Å². The molecule has 368 valence electrons. The Hall–Kier alpha value is -3.71. The highest BCUT2D eigenvalue weighted by molar-refractivity contribution is 5.69. The second-order valence-corrected chi connectivity index (χ2v) is 18.3. The second kappa shape index (κ2) is 46.8. The number of unbranched alkanes of at least 4 members (excludes halogenated alkanes) is 23. The molecule has 0 aliphatic heterocycles. The maximum Gasteiger partial charge on any atom is 0.306 e. The summed E-state index contributed by atoms with van der Waals surface area (Å²) in [7, 11) is 4.12. The van der Waals surface area contributed by atoms with Gasteiger partial charge in [-0.15, -0.1) is 0 Å². The van der Waals surface area contributed by atoms with Crippen molar-refractivity contribution in [2.45, 2.75) is 232 Å². The fourth-order valence-corrected chi connectivity index (χ4v) is 7.82. The van der Waals surface area contributed by atoms with Crippen molar-refractivity contribution in [3.8, 4) is 0 Å². The highest BCUT2D eigenvalue weighted by Gasteiger charge is 2.14. The molecule has 0 bridgehead atoms. The van der Waals surface area contributed by atoms with E-state index in [1.807, 2.05) is 60.7 Å². The Morgan fingerprint density at radius 3 is 1.34 bits per heavy atom. The van der Waals surface area contributed by atoms with Gasteiger partial charge in [0.05, 0.1) is 0 Å². The summed E-state index contributed by atoms with van der Waals surface area (Å²) in [6, 6.07) is 19.4. The molecule has 0 aliphatic carbocycles. The van der Waals surface area contributed by atoms with Crippen molar-refractivity contribution in [2.75, 3.05) is 20.6 Å². The zero-order valence-electron chi connectivity index (χ0n) is 41.9. The first kappa shape index (κ1) is 59.3. The summed E-state index contributed by atoms with van der Waals surface area (Å²) >= 11 is 0. The molecule has 0 fully saturated rings. The average molecular weight is 902 g/mol. The molecule has 65 heavy (non-hydrogen) atoms. The highest BCUT2D eigenvalue weighted by atomic mass is 16.5. The minimum Gasteiger partial charge on any atom is -0.463 e. The molecule has 2 aromatic carbocycles. The summed E-state index contributed by atoms with van der Waals surface area (Å²) in [6.07, 6.45) is 47.8. The minimum absolute atomic E-state index is 0.00148. The zero-order valence-corrected chi connectivity index (χ0v) is 41.9. The van der Waals surface area contributed by atoms with Gasteiger partial charge in [0.25, 0.3) is 6.47 Å². The van der Waals surface area contributed by atoms with Crippen LogP contribution in [0.5, 0.6) is 0 Å². The Morgan fingerprint density at radius 2 is 0.892 bits per heavy atom. The summed E-state index contributed by atoms with van der Waals surface area (Å²) in [5.74, 6) is -0.0854. The lowest BCUT2D eigenvalue weighted by atomic mass is 10.0. The van der Waals surface area contributed by atoms with Crippen molar-refractivity contribution in [3.63, 3.8) is 0 Å². The van der Waals surface area contributed by atoms with Gasteiger partial charge in [0.15, 0.2) is 0 Å². The fourth-order valence-electron chi connectivity index (χ4n) is 7.82. The first-order chi connectivity index (χ1) is 31.9. The fraction of sp³-hybridized carbons (Fsp3) is 0.672. The smallest absolute Gasteiger partial charge is 0.306 e. The predicted octanol–water partition coefficient (Wildman–Crippen LogP) is 16.2. The summed E-state index contributed by atoms with van der Waals surface area (Å²) < 4.78 is 15.9. The zero-order chi connectivity index (χ0) is 46.9. The minimum atomic E-state index is -0.0839. The molecule has 0 heterocycles. The van der Waals surface area contributed by atoms with Gasteiger partial charge in [-0.2, -0.15) is 0 Å². The quantitative estimate of drug-likeness (QED) is 0.0216. The average Bonchev–Trinajstić information content (AvgIpc) is 3.31. The van der Waals surface area contributed by atoms with Crippen LogP contribution in [0, 0.1) is 0 Å². The van der Waals surface area contributed by atoms with Crippen LogP contribution in [-0.2, 0) is 41.8 Å². The third kappa shape index (κ3) is 42.7. The van der Waals surface area contributed by atoms with Crippen LogP contribution in [0.2, 0.25) is 0 Å². The van der Waals surface area contributed by atoms with Crippen LogP contribution in [0.15, 0.2) is 85.0 Å². The third-order valence-corrected chi connectivity index (χ3v) is 11.8. The van der Waals surface area contributed by atoms with Gasteiger partial charge < -0.3 is 19.1 Å². The molecule has 1 atom stereocenters. The monoisotopic (exact) mass is 902 g/mol. The standard InChI is InChI=1S/C50H87NO4.C8H8O2/c1-4-5-6-7-8-9-10-11-12-14-17-20-23-26-29-35-41-48(55-50(53)44-38-45-51(2)3)42-36-30-27-24-21-18-15-13-16-19-22-25-28-31-37-43-49(52)54-46-47-39-33-32-34-40-47;9-7-10-6-8-4-2-1-3-5-8/h11-13,16,32-34,39-40,48H,4-10,14-15,17-31,35-38,41-46H2,1-3H3;1-5,7H,6H2/b12-11-,16-13-;. The number of rotatable bonds is 43. The molecule has 0 aliphatic rings. The SMILES string of the molecule is CCCCCCCC/C=C\CCCCCCCCC(CCCCCCCC/C=C\CCCCCCCC(=O)OCc1ccccc1)OC(=O)CCCN(C)C.O=COCc1ccccc1. The van der Waals surface area contributed by atoms with Crippen LogP contribution in [-0.4, -0.2) is 50.1 Å². The molecule has 2 rings (SSSR count). The number of ether oxygens (including phenoxy) is 3. The molecule has 0 amide bonds. The maximum absolute atomic E-state index is 12.6.